The number of aromatic nitrogens is 3. The summed E-state index contributed by atoms with van der Waals surface area (Å²) in [5.41, 5.74) is 0.204. The van der Waals surface area contributed by atoms with Crippen molar-refractivity contribution in [2.75, 3.05) is 28.2 Å². The second-order valence-corrected chi connectivity index (χ2v) is 6.36. The molecular formula is C12H16F6N5O2P. The van der Waals surface area contributed by atoms with Gasteiger partial charge in [-0.3, -0.25) is 9.63 Å². The molecule has 0 saturated carbocycles. The van der Waals surface area contributed by atoms with E-state index in [-0.39, 0.29) is 10.3 Å². The zero-order chi connectivity index (χ0) is 19.4. The third-order valence-electron chi connectivity index (χ3n) is 2.48. The summed E-state index contributed by atoms with van der Waals surface area (Å²) in [5, 5.41) is 8.19. The van der Waals surface area contributed by atoms with E-state index in [0.717, 1.165) is 4.85 Å². The third-order valence-corrected chi connectivity index (χ3v) is 2.48. The van der Waals surface area contributed by atoms with Gasteiger partial charge in [0.1, 0.15) is 5.52 Å². The number of benzene rings is 1. The zero-order valence-corrected chi connectivity index (χ0v) is 15.0. The van der Waals surface area contributed by atoms with Crippen LogP contribution in [-0.4, -0.2) is 58.8 Å². The molecule has 26 heavy (non-hydrogen) atoms. The maximum atomic E-state index is 12.2. The molecule has 2 rings (SSSR count). The first-order valence-corrected chi connectivity index (χ1v) is 8.29. The van der Waals surface area contributed by atoms with E-state index in [1.54, 1.807) is 33.7 Å². The molecule has 0 aliphatic carbocycles. The number of rotatable bonds is 1. The summed E-state index contributed by atoms with van der Waals surface area (Å²) in [5.74, 6) is 0. The van der Waals surface area contributed by atoms with Crippen LogP contribution in [0.2, 0.25) is 0 Å². The molecule has 0 atom stereocenters. The molecule has 0 amide bonds. The van der Waals surface area contributed by atoms with Crippen molar-refractivity contribution in [1.82, 2.24) is 20.1 Å². The van der Waals surface area contributed by atoms with Gasteiger partial charge in [-0.1, -0.05) is 12.1 Å². The predicted molar refractivity (Wildman–Crippen MR) is 83.6 cm³/mol. The van der Waals surface area contributed by atoms with Gasteiger partial charge in [-0.05, 0) is 22.2 Å². The van der Waals surface area contributed by atoms with Gasteiger partial charge in [0.15, 0.2) is 0 Å². The Bertz CT molecular complexity index is 828. The molecule has 0 N–H and O–H groups in total. The van der Waals surface area contributed by atoms with E-state index < -0.39 is 8.16 Å². The van der Waals surface area contributed by atoms with E-state index in [0.29, 0.717) is 16.9 Å². The van der Waals surface area contributed by atoms with E-state index >= 15 is 0 Å². The first-order chi connectivity index (χ1) is 11.2. The Hall–Kier alpha value is -2.43. The van der Waals surface area contributed by atoms with Crippen LogP contribution in [-0.2, 0) is 0 Å². The van der Waals surface area contributed by atoms with Crippen molar-refractivity contribution in [2.24, 2.45) is 0 Å². The van der Waals surface area contributed by atoms with E-state index in [9.17, 15) is 25.8 Å². The number of amidine groups is 1. The number of hydrogen-bond donors (Lipinski definition) is 0. The predicted octanol–water partition coefficient (Wildman–Crippen LogP) is -0.624. The maximum absolute atomic E-state index is 12.2. The summed E-state index contributed by atoms with van der Waals surface area (Å²) in [6.07, 6.45) is 0. The van der Waals surface area contributed by atoms with Crippen LogP contribution in [0.1, 0.15) is 0 Å². The second kappa shape index (κ2) is 8.30. The molecule has 2 aromatic rings. The minimum absolute atomic E-state index is 0. The molecule has 1 heterocycles. The molecule has 7 nitrogen and oxygen atoms in total. The zero-order valence-electron chi connectivity index (χ0n) is 14.1. The Kier molecular flexibility index (Phi) is 7.52. The summed E-state index contributed by atoms with van der Waals surface area (Å²) in [6, 6.07) is 7.48. The molecule has 14 heteroatoms. The van der Waals surface area contributed by atoms with Crippen molar-refractivity contribution in [2.45, 2.75) is 0 Å². The second-order valence-electron chi connectivity index (χ2n) is 5.09. The van der Waals surface area contributed by atoms with Crippen LogP contribution in [0.5, 0.6) is 0 Å². The summed E-state index contributed by atoms with van der Waals surface area (Å²) < 4.78 is 50.9. The monoisotopic (exact) mass is 407 g/mol. The fourth-order valence-corrected chi connectivity index (χ4v) is 1.67. The fourth-order valence-electron chi connectivity index (χ4n) is 1.67. The van der Waals surface area contributed by atoms with Crippen LogP contribution < -0.4 is 15.1 Å². The number of hydrogen-bond acceptors (Lipinski definition) is 4. The number of nitrogens with zero attached hydrogens (tertiary/aromatic N) is 5. The molecule has 0 aliphatic rings. The molecule has 1 aromatic heterocycles. The van der Waals surface area contributed by atoms with Gasteiger partial charge >= 0.3 is 40.7 Å². The van der Waals surface area contributed by atoms with E-state index in [4.69, 9.17) is 4.84 Å². The minimum atomic E-state index is -8.55. The average Bonchev–Trinajstić information content (AvgIpc) is 2.43. The minimum Gasteiger partial charge on any atom is -1.00 e. The van der Waals surface area contributed by atoms with Crippen LogP contribution in [0.3, 0.4) is 0 Å². The van der Waals surface area contributed by atoms with Gasteiger partial charge in [0, 0.05) is 0 Å². The van der Waals surface area contributed by atoms with Crippen LogP contribution >= 0.6 is 8.16 Å². The Balaban J connectivity index is 0.000000777. The summed E-state index contributed by atoms with van der Waals surface area (Å²) in [6.45, 7) is 0. The van der Waals surface area contributed by atoms with E-state index in [1.807, 2.05) is 28.2 Å². The fraction of sp³-hybridized carbons (Fsp3) is 0.333. The standard InChI is InChI=1S/C12H16N5O2.F5P.FH/c1-15(2)12(16(3)4)19-17-11(18)9-7-5-6-8-10(9)13-14-17;1-6(2,3,4)5;/h5-8H,1-4H3;;1H/q+1;;/p-1. The van der Waals surface area contributed by atoms with Crippen molar-refractivity contribution in [3.63, 3.8) is 0 Å². The van der Waals surface area contributed by atoms with Gasteiger partial charge in [0.25, 0.3) is 0 Å². The Morgan fingerprint density at radius 2 is 1.65 bits per heavy atom. The molecule has 1 aromatic carbocycles. The van der Waals surface area contributed by atoms with Crippen molar-refractivity contribution < 1.29 is 35.1 Å². The number of halogens is 6. The Labute approximate surface area is 144 Å². The summed E-state index contributed by atoms with van der Waals surface area (Å²) in [7, 11) is -1.29. The smallest absolute Gasteiger partial charge is 1.00 e. The van der Waals surface area contributed by atoms with Gasteiger partial charge in [0.05, 0.1) is 33.6 Å². The van der Waals surface area contributed by atoms with Gasteiger partial charge in [0.2, 0.25) is 0 Å². The Morgan fingerprint density at radius 1 is 1.15 bits per heavy atom. The van der Waals surface area contributed by atoms with Gasteiger partial charge in [-0.15, -0.1) is 5.10 Å². The summed E-state index contributed by atoms with van der Waals surface area (Å²) in [4.78, 5) is 20.3. The summed E-state index contributed by atoms with van der Waals surface area (Å²) >= 11 is 0. The van der Waals surface area contributed by atoms with Crippen molar-refractivity contribution in [1.29, 1.82) is 0 Å². The van der Waals surface area contributed by atoms with Crippen LogP contribution in [0, 0.1) is 0 Å². The first-order valence-electron chi connectivity index (χ1n) is 6.60. The molecule has 0 aliphatic heterocycles. The SMILES string of the molecule is CN(C)C(On1nnc2ccccc2c1=O)=[N+](C)C.FP(F)(F)(F)F.[F-]. The molecule has 0 unspecified atom stereocenters. The number of fused-ring (bicyclic) bond motifs is 1. The van der Waals surface area contributed by atoms with Gasteiger partial charge in [-0.25, -0.2) is 9.48 Å². The topological polar surface area (TPSA) is 63.3 Å². The van der Waals surface area contributed by atoms with E-state index in [2.05, 4.69) is 10.3 Å². The molecule has 0 bridgehead atoms. The van der Waals surface area contributed by atoms with Crippen LogP contribution in [0.4, 0.5) is 21.0 Å². The molecule has 0 radical (unpaired) electrons. The van der Waals surface area contributed by atoms with Gasteiger partial charge in [-0.2, -0.15) is 0 Å². The molecule has 0 saturated heterocycles. The third kappa shape index (κ3) is 8.10. The van der Waals surface area contributed by atoms with E-state index in [1.165, 1.54) is 0 Å². The van der Waals surface area contributed by atoms with Crippen LogP contribution in [0.15, 0.2) is 29.1 Å². The molecule has 148 valence electrons. The van der Waals surface area contributed by atoms with Crippen molar-refractivity contribution >= 4 is 25.1 Å². The van der Waals surface area contributed by atoms with Crippen molar-refractivity contribution in [3.05, 3.63) is 34.6 Å². The molecule has 0 spiro atoms. The molecular weight excluding hydrogens is 391 g/mol. The normalized spacial score (nSPS) is 12.0. The Morgan fingerprint density at radius 3 is 2.12 bits per heavy atom. The molecule has 0 fully saturated rings. The largest absolute Gasteiger partial charge is 1.00 e. The first kappa shape index (κ1) is 23.6. The van der Waals surface area contributed by atoms with Crippen LogP contribution in [0.25, 0.3) is 10.9 Å². The maximum Gasteiger partial charge on any atom is -1.00 e. The quantitative estimate of drug-likeness (QED) is 0.207. The van der Waals surface area contributed by atoms with Gasteiger partial charge < -0.3 is 4.70 Å². The average molecular weight is 407 g/mol. The van der Waals surface area contributed by atoms with Crippen molar-refractivity contribution in [3.8, 4) is 0 Å².